The van der Waals surface area contributed by atoms with Crippen LogP contribution < -0.4 is 20.8 Å². The first-order chi connectivity index (χ1) is 15.9. The van der Waals surface area contributed by atoms with Gasteiger partial charge < -0.3 is 24.4 Å². The second kappa shape index (κ2) is 9.90. The Labute approximate surface area is 191 Å². The Bertz CT molecular complexity index is 1190. The maximum Gasteiger partial charge on any atom is 0.336 e. The highest BCUT2D eigenvalue weighted by atomic mass is 16.5. The van der Waals surface area contributed by atoms with Gasteiger partial charge in [-0.05, 0) is 67.7 Å². The molecule has 172 valence electrons. The zero-order chi connectivity index (χ0) is 23.4. The van der Waals surface area contributed by atoms with E-state index in [0.29, 0.717) is 30.7 Å². The van der Waals surface area contributed by atoms with Gasteiger partial charge in [0.1, 0.15) is 11.3 Å². The topological polar surface area (TPSA) is 109 Å². The normalized spacial score (nSPS) is 19.1. The van der Waals surface area contributed by atoms with Crippen molar-refractivity contribution in [1.29, 1.82) is 0 Å². The molecule has 1 heterocycles. The second-order valence-corrected chi connectivity index (χ2v) is 8.55. The number of benzene rings is 2. The molecule has 1 N–H and O–H groups in total. The second-order valence-electron chi connectivity index (χ2n) is 8.55. The number of carbonyl (C=O) groups is 2. The van der Waals surface area contributed by atoms with Gasteiger partial charge in [-0.1, -0.05) is 30.3 Å². The van der Waals surface area contributed by atoms with E-state index in [-0.39, 0.29) is 17.7 Å². The molecule has 0 bridgehead atoms. The van der Waals surface area contributed by atoms with Crippen LogP contribution in [0.15, 0.2) is 63.8 Å². The van der Waals surface area contributed by atoms with E-state index < -0.39 is 17.7 Å². The van der Waals surface area contributed by atoms with Crippen LogP contribution in [0.5, 0.6) is 5.75 Å². The summed E-state index contributed by atoms with van der Waals surface area (Å²) in [6.07, 6.45) is 1.93. The molecule has 0 aliphatic heterocycles. The minimum Gasteiger partial charge on any atom is -0.550 e. The quantitative estimate of drug-likeness (QED) is 0.557. The van der Waals surface area contributed by atoms with Crippen molar-refractivity contribution < 1.29 is 23.8 Å². The summed E-state index contributed by atoms with van der Waals surface area (Å²) in [7, 11) is 0. The molecule has 4 rings (SSSR count). The van der Waals surface area contributed by atoms with Crippen LogP contribution in [-0.2, 0) is 9.59 Å². The molecule has 0 spiro atoms. The summed E-state index contributed by atoms with van der Waals surface area (Å²) >= 11 is 0. The van der Waals surface area contributed by atoms with Crippen molar-refractivity contribution in [3.63, 3.8) is 0 Å². The van der Waals surface area contributed by atoms with Gasteiger partial charge in [0.2, 0.25) is 0 Å². The third-order valence-corrected chi connectivity index (χ3v) is 6.23. The molecule has 1 amide bonds. The Morgan fingerprint density at radius 3 is 2.52 bits per heavy atom. The van der Waals surface area contributed by atoms with Gasteiger partial charge >= 0.3 is 5.63 Å². The van der Waals surface area contributed by atoms with Crippen LogP contribution >= 0.6 is 0 Å². The smallest absolute Gasteiger partial charge is 0.336 e. The van der Waals surface area contributed by atoms with Gasteiger partial charge in [-0.25, -0.2) is 4.79 Å². The van der Waals surface area contributed by atoms with Gasteiger partial charge in [-0.15, -0.1) is 0 Å². The Morgan fingerprint density at radius 2 is 1.82 bits per heavy atom. The number of carboxylic acids is 1. The first kappa shape index (κ1) is 22.6. The number of ether oxygens (including phenoxy) is 1. The van der Waals surface area contributed by atoms with Crippen molar-refractivity contribution in [3.8, 4) is 16.9 Å². The SMILES string of the molecule is C[C@H](Oc1ccc2c(-c3ccccc3)cc(=O)oc2c1)C(=O)NCC1CCC(C(=O)[O-])CC1. The molecule has 1 aromatic heterocycles. The first-order valence-electron chi connectivity index (χ1n) is 11.2. The van der Waals surface area contributed by atoms with Crippen molar-refractivity contribution in [2.45, 2.75) is 38.7 Å². The van der Waals surface area contributed by atoms with E-state index in [1.54, 1.807) is 19.1 Å². The molecule has 1 saturated carbocycles. The van der Waals surface area contributed by atoms with Crippen LogP contribution in [-0.4, -0.2) is 24.5 Å². The van der Waals surface area contributed by atoms with Gasteiger partial charge in [-0.2, -0.15) is 0 Å². The lowest BCUT2D eigenvalue weighted by molar-refractivity contribution is -0.312. The average Bonchev–Trinajstić information content (AvgIpc) is 2.82. The molecule has 1 aliphatic carbocycles. The number of carbonyl (C=O) groups excluding carboxylic acids is 2. The highest BCUT2D eigenvalue weighted by Crippen LogP contribution is 2.30. The van der Waals surface area contributed by atoms with E-state index in [1.807, 2.05) is 36.4 Å². The Balaban J connectivity index is 1.40. The summed E-state index contributed by atoms with van der Waals surface area (Å²) in [5.41, 5.74) is 1.60. The fraction of sp³-hybridized carbons (Fsp3) is 0.346. The largest absolute Gasteiger partial charge is 0.550 e. The Morgan fingerprint density at radius 1 is 1.09 bits per heavy atom. The summed E-state index contributed by atoms with van der Waals surface area (Å²) in [4.78, 5) is 35.6. The Hall–Kier alpha value is -3.61. The zero-order valence-corrected chi connectivity index (χ0v) is 18.4. The lowest BCUT2D eigenvalue weighted by Gasteiger charge is -2.29. The molecule has 0 radical (unpaired) electrons. The number of nitrogens with one attached hydrogen (secondary N) is 1. The van der Waals surface area contributed by atoms with Crippen molar-refractivity contribution >= 4 is 22.8 Å². The number of amides is 1. The van der Waals surface area contributed by atoms with E-state index >= 15 is 0 Å². The maximum absolute atomic E-state index is 12.5. The fourth-order valence-electron chi connectivity index (χ4n) is 4.32. The number of aliphatic carboxylic acids is 1. The third-order valence-electron chi connectivity index (χ3n) is 6.23. The summed E-state index contributed by atoms with van der Waals surface area (Å²) in [5, 5.41) is 14.6. The van der Waals surface area contributed by atoms with E-state index in [2.05, 4.69) is 5.32 Å². The molecule has 1 atom stereocenters. The molecule has 7 nitrogen and oxygen atoms in total. The molecule has 33 heavy (non-hydrogen) atoms. The van der Waals surface area contributed by atoms with Gasteiger partial charge in [0.25, 0.3) is 5.91 Å². The molecule has 0 saturated heterocycles. The predicted octanol–water partition coefficient (Wildman–Crippen LogP) is 2.90. The highest BCUT2D eigenvalue weighted by Gasteiger charge is 2.23. The lowest BCUT2D eigenvalue weighted by Crippen LogP contribution is -2.40. The molecule has 7 heteroatoms. The summed E-state index contributed by atoms with van der Waals surface area (Å²) in [6.45, 7) is 2.14. The van der Waals surface area contributed by atoms with E-state index in [1.165, 1.54) is 6.07 Å². The zero-order valence-electron chi connectivity index (χ0n) is 18.4. The van der Waals surface area contributed by atoms with Crippen molar-refractivity contribution in [2.24, 2.45) is 11.8 Å². The average molecular weight is 448 g/mol. The standard InChI is InChI=1S/C26H27NO6/c1-16(25(29)27-15-17-7-9-19(10-8-17)26(30)31)32-20-11-12-21-22(18-5-3-2-4-6-18)14-24(28)33-23(21)13-20/h2-6,11-14,16-17,19H,7-10,15H2,1H3,(H,27,29)(H,30,31)/p-1/t16-,17?,19?/m0/s1. The van der Waals surface area contributed by atoms with Crippen LogP contribution in [0.25, 0.3) is 22.1 Å². The summed E-state index contributed by atoms with van der Waals surface area (Å²) in [6, 6.07) is 16.2. The van der Waals surface area contributed by atoms with Gasteiger partial charge in [-0.3, -0.25) is 4.79 Å². The van der Waals surface area contributed by atoms with Gasteiger partial charge in [0.15, 0.2) is 6.10 Å². The highest BCUT2D eigenvalue weighted by molar-refractivity contribution is 5.93. The molecular formula is C26H26NO6-. The van der Waals surface area contributed by atoms with Crippen LogP contribution in [0.1, 0.15) is 32.6 Å². The van der Waals surface area contributed by atoms with Crippen LogP contribution in [0, 0.1) is 11.8 Å². The van der Waals surface area contributed by atoms with Crippen molar-refractivity contribution in [1.82, 2.24) is 5.32 Å². The van der Waals surface area contributed by atoms with Crippen LogP contribution in [0.2, 0.25) is 0 Å². The predicted molar refractivity (Wildman–Crippen MR) is 121 cm³/mol. The third kappa shape index (κ3) is 5.42. The van der Waals surface area contributed by atoms with Crippen molar-refractivity contribution in [2.75, 3.05) is 6.54 Å². The van der Waals surface area contributed by atoms with Crippen LogP contribution in [0.4, 0.5) is 0 Å². The van der Waals surface area contributed by atoms with Crippen LogP contribution in [0.3, 0.4) is 0 Å². The van der Waals surface area contributed by atoms with E-state index in [0.717, 1.165) is 29.4 Å². The molecule has 1 aliphatic rings. The first-order valence-corrected chi connectivity index (χ1v) is 11.2. The minimum absolute atomic E-state index is 0.253. The number of rotatable bonds is 7. The van der Waals surface area contributed by atoms with E-state index in [4.69, 9.17) is 9.15 Å². The van der Waals surface area contributed by atoms with Gasteiger partial charge in [0, 0.05) is 30.0 Å². The maximum atomic E-state index is 12.5. The minimum atomic E-state index is -0.985. The summed E-state index contributed by atoms with van der Waals surface area (Å²) < 4.78 is 11.2. The molecule has 0 unspecified atom stereocenters. The molecular weight excluding hydrogens is 422 g/mol. The number of hydrogen-bond donors (Lipinski definition) is 1. The van der Waals surface area contributed by atoms with Gasteiger partial charge in [0.05, 0.1) is 0 Å². The molecule has 1 fully saturated rings. The monoisotopic (exact) mass is 448 g/mol. The van der Waals surface area contributed by atoms with Crippen molar-refractivity contribution in [3.05, 3.63) is 65.0 Å². The Kier molecular flexibility index (Phi) is 6.77. The molecule has 3 aromatic rings. The lowest BCUT2D eigenvalue weighted by atomic mass is 9.82. The van der Waals surface area contributed by atoms with E-state index in [9.17, 15) is 19.5 Å². The number of carboxylic acid groups (broad SMARTS) is 1. The summed E-state index contributed by atoms with van der Waals surface area (Å²) in [5.74, 6) is -0.941. The number of hydrogen-bond acceptors (Lipinski definition) is 6. The molecule has 2 aromatic carbocycles. The number of fused-ring (bicyclic) bond motifs is 1. The fourth-order valence-corrected chi connectivity index (χ4v) is 4.32.